The molecule has 0 aliphatic rings. The highest BCUT2D eigenvalue weighted by Gasteiger charge is 2.10. The Morgan fingerprint density at radius 2 is 1.68 bits per heavy atom. The van der Waals surface area contributed by atoms with Crippen LogP contribution in [0.5, 0.6) is 0 Å². The first-order chi connectivity index (χ1) is 9.01. The Morgan fingerprint density at radius 1 is 1.11 bits per heavy atom. The maximum atomic E-state index is 12.0. The van der Waals surface area contributed by atoms with Crippen molar-refractivity contribution in [3.63, 3.8) is 0 Å². The normalized spacial score (nSPS) is 12.6. The van der Waals surface area contributed by atoms with Gasteiger partial charge in [0.1, 0.15) is 0 Å². The van der Waals surface area contributed by atoms with E-state index in [0.29, 0.717) is 13.1 Å². The van der Waals surface area contributed by atoms with E-state index in [1.807, 2.05) is 6.92 Å². The van der Waals surface area contributed by atoms with Gasteiger partial charge in [-0.25, -0.2) is 4.79 Å². The van der Waals surface area contributed by atoms with E-state index in [1.165, 1.54) is 11.1 Å². The second-order valence-electron chi connectivity index (χ2n) is 5.05. The minimum Gasteiger partial charge on any atom is -0.322 e. The van der Waals surface area contributed by atoms with Crippen LogP contribution in [-0.4, -0.2) is 9.13 Å². The molecule has 4 nitrogen and oxygen atoms in total. The molecule has 0 saturated heterocycles. The Balaban J connectivity index is 2.22. The van der Waals surface area contributed by atoms with E-state index >= 15 is 0 Å². The van der Waals surface area contributed by atoms with Gasteiger partial charge in [-0.1, -0.05) is 29.3 Å². The number of hydrogen-bond acceptors (Lipinski definition) is 2. The summed E-state index contributed by atoms with van der Waals surface area (Å²) in [5.41, 5.74) is 9.69. The van der Waals surface area contributed by atoms with E-state index < -0.39 is 0 Å². The fraction of sp³-hybridized carbons (Fsp3) is 0.400. The topological polar surface area (TPSA) is 52.9 Å². The molecule has 0 aliphatic carbocycles. The molecule has 102 valence electrons. The smallest absolute Gasteiger partial charge is 0.322 e. The van der Waals surface area contributed by atoms with Crippen molar-refractivity contribution in [3.8, 4) is 0 Å². The molecule has 0 amide bonds. The Morgan fingerprint density at radius 3 is 2.21 bits per heavy atom. The number of hydrogen-bond donors (Lipinski definition) is 1. The maximum absolute atomic E-state index is 12.0. The first-order valence-electron chi connectivity index (χ1n) is 6.60. The second kappa shape index (κ2) is 5.45. The molecular weight excluding hydrogens is 238 g/mol. The molecule has 19 heavy (non-hydrogen) atoms. The quantitative estimate of drug-likeness (QED) is 0.913. The third kappa shape index (κ3) is 2.96. The number of nitrogens with zero attached hydrogens (tertiary/aromatic N) is 2. The summed E-state index contributed by atoms with van der Waals surface area (Å²) in [6, 6.07) is 6.12. The van der Waals surface area contributed by atoms with Crippen molar-refractivity contribution in [2.24, 2.45) is 5.73 Å². The van der Waals surface area contributed by atoms with E-state index in [-0.39, 0.29) is 11.7 Å². The molecule has 2 N–H and O–H groups in total. The first-order valence-corrected chi connectivity index (χ1v) is 6.60. The summed E-state index contributed by atoms with van der Waals surface area (Å²) in [5.74, 6) is 0. The van der Waals surface area contributed by atoms with Crippen molar-refractivity contribution in [2.45, 2.75) is 39.9 Å². The van der Waals surface area contributed by atoms with Crippen LogP contribution >= 0.6 is 0 Å². The molecule has 0 radical (unpaired) electrons. The molecule has 1 aromatic heterocycles. The molecule has 2 aromatic rings. The summed E-state index contributed by atoms with van der Waals surface area (Å²) in [4.78, 5) is 12.0. The highest BCUT2D eigenvalue weighted by molar-refractivity contribution is 5.30. The van der Waals surface area contributed by atoms with Crippen LogP contribution in [0.4, 0.5) is 0 Å². The molecule has 0 aliphatic heterocycles. The van der Waals surface area contributed by atoms with Crippen LogP contribution in [-0.2, 0) is 13.1 Å². The molecule has 0 spiro atoms. The van der Waals surface area contributed by atoms with Crippen molar-refractivity contribution in [1.29, 1.82) is 0 Å². The van der Waals surface area contributed by atoms with Gasteiger partial charge in [-0.3, -0.25) is 9.13 Å². The van der Waals surface area contributed by atoms with E-state index in [1.54, 1.807) is 21.5 Å². The van der Waals surface area contributed by atoms with Crippen LogP contribution in [0.3, 0.4) is 0 Å². The molecule has 1 atom stereocenters. The van der Waals surface area contributed by atoms with Crippen molar-refractivity contribution in [3.05, 3.63) is 57.8 Å². The highest BCUT2D eigenvalue weighted by Crippen LogP contribution is 2.16. The van der Waals surface area contributed by atoms with Gasteiger partial charge >= 0.3 is 5.69 Å². The summed E-state index contributed by atoms with van der Waals surface area (Å²) >= 11 is 0. The fourth-order valence-electron chi connectivity index (χ4n) is 2.37. The lowest BCUT2D eigenvalue weighted by Crippen LogP contribution is -2.28. The number of nitrogens with two attached hydrogens (primary N) is 1. The average molecular weight is 259 g/mol. The molecule has 1 aromatic carbocycles. The second-order valence-corrected chi connectivity index (χ2v) is 5.05. The molecule has 1 heterocycles. The Kier molecular flexibility index (Phi) is 3.90. The minimum absolute atomic E-state index is 0.00215. The van der Waals surface area contributed by atoms with Crippen LogP contribution in [0.2, 0.25) is 0 Å². The lowest BCUT2D eigenvalue weighted by atomic mass is 10.0. The van der Waals surface area contributed by atoms with Crippen molar-refractivity contribution >= 4 is 0 Å². The number of imidazole rings is 1. The van der Waals surface area contributed by atoms with Gasteiger partial charge in [-0.2, -0.15) is 0 Å². The van der Waals surface area contributed by atoms with Crippen molar-refractivity contribution in [2.75, 3.05) is 0 Å². The van der Waals surface area contributed by atoms with Gasteiger partial charge in [-0.05, 0) is 26.3 Å². The lowest BCUT2D eigenvalue weighted by Gasteiger charge is -2.14. The average Bonchev–Trinajstić information content (AvgIpc) is 2.69. The SMILES string of the molecule is CCn1ccn(CC(N)c2cc(C)cc(C)c2)c1=O. The number of aryl methyl sites for hydroxylation is 3. The van der Waals surface area contributed by atoms with Crippen molar-refractivity contribution in [1.82, 2.24) is 9.13 Å². The number of rotatable bonds is 4. The fourth-order valence-corrected chi connectivity index (χ4v) is 2.37. The summed E-state index contributed by atoms with van der Waals surface area (Å²) in [6.45, 7) is 7.26. The van der Waals surface area contributed by atoms with Gasteiger partial charge in [0, 0.05) is 31.5 Å². The summed E-state index contributed by atoms with van der Waals surface area (Å²) in [5, 5.41) is 0. The zero-order valence-corrected chi connectivity index (χ0v) is 11.8. The largest absolute Gasteiger partial charge is 0.328 e. The summed E-state index contributed by atoms with van der Waals surface area (Å²) in [6.07, 6.45) is 3.60. The summed E-state index contributed by atoms with van der Waals surface area (Å²) in [7, 11) is 0. The van der Waals surface area contributed by atoms with E-state index in [2.05, 4.69) is 32.0 Å². The van der Waals surface area contributed by atoms with Crippen LogP contribution in [0, 0.1) is 13.8 Å². The Labute approximate surface area is 113 Å². The highest BCUT2D eigenvalue weighted by atomic mass is 16.1. The van der Waals surface area contributed by atoms with Crippen LogP contribution < -0.4 is 11.4 Å². The molecule has 4 heteroatoms. The maximum Gasteiger partial charge on any atom is 0.328 e. The Bertz CT molecular complexity index is 604. The Hall–Kier alpha value is -1.81. The summed E-state index contributed by atoms with van der Waals surface area (Å²) < 4.78 is 3.35. The minimum atomic E-state index is -0.163. The standard InChI is InChI=1S/C15H21N3O/c1-4-17-5-6-18(15(17)19)10-14(16)13-8-11(2)7-12(3)9-13/h5-9,14H,4,10,16H2,1-3H3. The van der Waals surface area contributed by atoms with Gasteiger partial charge in [0.05, 0.1) is 0 Å². The van der Waals surface area contributed by atoms with Gasteiger partial charge < -0.3 is 5.73 Å². The third-order valence-electron chi connectivity index (χ3n) is 3.32. The molecule has 0 saturated carbocycles. The van der Waals surface area contributed by atoms with E-state index in [9.17, 15) is 4.79 Å². The predicted octanol–water partition coefficient (Wildman–Crippen LogP) is 1.99. The van der Waals surface area contributed by atoms with Crippen LogP contribution in [0.15, 0.2) is 35.4 Å². The molecule has 2 rings (SSSR count). The van der Waals surface area contributed by atoms with Crippen molar-refractivity contribution < 1.29 is 0 Å². The van der Waals surface area contributed by atoms with Gasteiger partial charge in [-0.15, -0.1) is 0 Å². The zero-order chi connectivity index (χ0) is 14.0. The number of benzene rings is 1. The molecule has 0 fully saturated rings. The first kappa shape index (κ1) is 13.6. The van der Waals surface area contributed by atoms with E-state index in [4.69, 9.17) is 5.73 Å². The molecular formula is C15H21N3O. The van der Waals surface area contributed by atoms with Crippen LogP contribution in [0.25, 0.3) is 0 Å². The van der Waals surface area contributed by atoms with Crippen LogP contribution in [0.1, 0.15) is 29.7 Å². The zero-order valence-electron chi connectivity index (χ0n) is 11.8. The molecule has 0 bridgehead atoms. The number of aromatic nitrogens is 2. The van der Waals surface area contributed by atoms with Gasteiger partial charge in [0.2, 0.25) is 0 Å². The third-order valence-corrected chi connectivity index (χ3v) is 3.32. The predicted molar refractivity (Wildman–Crippen MR) is 77.2 cm³/mol. The van der Waals surface area contributed by atoms with Gasteiger partial charge in [0.25, 0.3) is 0 Å². The monoisotopic (exact) mass is 259 g/mol. The van der Waals surface area contributed by atoms with E-state index in [0.717, 1.165) is 5.56 Å². The molecule has 1 unspecified atom stereocenters. The lowest BCUT2D eigenvalue weighted by molar-refractivity contribution is 0.547. The van der Waals surface area contributed by atoms with Gasteiger partial charge in [0.15, 0.2) is 0 Å².